The molecule has 0 radical (unpaired) electrons. The summed E-state index contributed by atoms with van der Waals surface area (Å²) in [6.45, 7) is 3.70. The Morgan fingerprint density at radius 1 is 1.00 bits per heavy atom. The van der Waals surface area contributed by atoms with E-state index in [1.165, 1.54) is 10.8 Å². The van der Waals surface area contributed by atoms with Crippen molar-refractivity contribution in [1.82, 2.24) is 24.7 Å². The van der Waals surface area contributed by atoms with Crippen molar-refractivity contribution in [3.05, 3.63) is 76.5 Å². The molecule has 0 fully saturated rings. The molecule has 0 unspecified atom stereocenters. The number of ether oxygens (including phenoxy) is 1. The smallest absolute Gasteiger partial charge is 0.286 e. The summed E-state index contributed by atoms with van der Waals surface area (Å²) in [6.07, 6.45) is 1.47. The van der Waals surface area contributed by atoms with Crippen molar-refractivity contribution in [2.75, 3.05) is 7.11 Å². The Hall–Kier alpha value is -4.66. The predicted octanol–water partition coefficient (Wildman–Crippen LogP) is 4.78. The summed E-state index contributed by atoms with van der Waals surface area (Å²) in [5.74, 6) is 0.682. The zero-order valence-corrected chi connectivity index (χ0v) is 18.6. The number of oxazole rings is 1. The Kier molecular flexibility index (Phi) is 4.38. The summed E-state index contributed by atoms with van der Waals surface area (Å²) in [6, 6.07) is 15.2. The average Bonchev–Trinajstić information content (AvgIpc) is 3.55. The van der Waals surface area contributed by atoms with E-state index in [0.717, 1.165) is 16.8 Å². The molecule has 1 N–H and O–H groups in total. The van der Waals surface area contributed by atoms with Gasteiger partial charge >= 0.3 is 0 Å². The van der Waals surface area contributed by atoms with E-state index in [0.29, 0.717) is 39.4 Å². The number of nitrogens with one attached hydrogen (secondary N) is 1. The van der Waals surface area contributed by atoms with Crippen LogP contribution < -0.4 is 10.3 Å². The van der Waals surface area contributed by atoms with Crippen LogP contribution >= 0.6 is 0 Å². The highest BCUT2D eigenvalue weighted by atomic mass is 16.5. The molecule has 0 spiro atoms. The minimum absolute atomic E-state index is 0.135. The van der Waals surface area contributed by atoms with Crippen LogP contribution in [0.1, 0.15) is 11.4 Å². The maximum atomic E-state index is 13.9. The lowest BCUT2D eigenvalue weighted by atomic mass is 10.1. The van der Waals surface area contributed by atoms with E-state index in [9.17, 15) is 4.79 Å². The van der Waals surface area contributed by atoms with Crippen molar-refractivity contribution in [2.24, 2.45) is 0 Å². The number of nitrogens with zero attached hydrogens (tertiary/aromatic N) is 4. The highest BCUT2D eigenvalue weighted by molar-refractivity contribution is 5.87. The maximum absolute atomic E-state index is 13.9. The van der Waals surface area contributed by atoms with E-state index >= 15 is 0 Å². The van der Waals surface area contributed by atoms with Crippen LogP contribution in [-0.2, 0) is 0 Å². The third-order valence-electron chi connectivity index (χ3n) is 5.84. The molecular formula is C25H19N5O4. The van der Waals surface area contributed by atoms with Gasteiger partial charge in [-0.25, -0.2) is 14.5 Å². The van der Waals surface area contributed by atoms with Crippen molar-refractivity contribution >= 4 is 16.7 Å². The number of aromatic nitrogens is 5. The van der Waals surface area contributed by atoms with E-state index < -0.39 is 0 Å². The zero-order chi connectivity index (χ0) is 23.4. The van der Waals surface area contributed by atoms with Crippen LogP contribution in [0.4, 0.5) is 0 Å². The number of fused-ring (bicyclic) bond motifs is 2. The van der Waals surface area contributed by atoms with E-state index in [2.05, 4.69) is 15.2 Å². The first-order chi connectivity index (χ1) is 16.6. The maximum Gasteiger partial charge on any atom is 0.286 e. The van der Waals surface area contributed by atoms with Crippen LogP contribution in [0.2, 0.25) is 0 Å². The van der Waals surface area contributed by atoms with Gasteiger partial charge in [0.2, 0.25) is 5.89 Å². The van der Waals surface area contributed by atoms with E-state index in [1.807, 2.05) is 37.3 Å². The number of methoxy groups -OCH3 is 1. The topological polar surface area (TPSA) is 111 Å². The summed E-state index contributed by atoms with van der Waals surface area (Å²) in [4.78, 5) is 23.4. The lowest BCUT2D eigenvalue weighted by molar-refractivity contribution is 0.415. The number of aryl methyl sites for hydroxylation is 2. The minimum atomic E-state index is -0.351. The van der Waals surface area contributed by atoms with Gasteiger partial charge < -0.3 is 13.7 Å². The molecule has 6 rings (SSSR count). The van der Waals surface area contributed by atoms with Gasteiger partial charge in [-0.2, -0.15) is 0 Å². The second-order valence-electron chi connectivity index (χ2n) is 7.92. The fourth-order valence-corrected chi connectivity index (χ4v) is 4.24. The molecule has 0 bridgehead atoms. The third-order valence-corrected chi connectivity index (χ3v) is 5.84. The van der Waals surface area contributed by atoms with Crippen LogP contribution in [0.3, 0.4) is 0 Å². The Morgan fingerprint density at radius 2 is 1.82 bits per heavy atom. The number of hydrogen-bond acceptors (Lipinski definition) is 7. The number of benzene rings is 2. The second kappa shape index (κ2) is 7.45. The first-order valence-electron chi connectivity index (χ1n) is 10.6. The van der Waals surface area contributed by atoms with Crippen LogP contribution in [0, 0.1) is 13.8 Å². The Balaban J connectivity index is 1.72. The van der Waals surface area contributed by atoms with Gasteiger partial charge in [-0.1, -0.05) is 41.6 Å². The summed E-state index contributed by atoms with van der Waals surface area (Å²) in [5.41, 5.74) is 5.49. The summed E-state index contributed by atoms with van der Waals surface area (Å²) in [5, 5.41) is 7.15. The SMILES string of the molecule is COc1cccc2oc(-c3c(-c4conc4C)nc4c(-c5ccccc5)c(C)[nH]n4c3=O)nc12. The molecule has 4 heterocycles. The first-order valence-corrected chi connectivity index (χ1v) is 10.6. The van der Waals surface area contributed by atoms with Crippen LogP contribution in [0.25, 0.3) is 50.6 Å². The quantitative estimate of drug-likeness (QED) is 0.409. The fourth-order valence-electron chi connectivity index (χ4n) is 4.24. The van der Waals surface area contributed by atoms with Gasteiger partial charge in [-0.05, 0) is 31.5 Å². The zero-order valence-electron chi connectivity index (χ0n) is 18.6. The monoisotopic (exact) mass is 453 g/mol. The first kappa shape index (κ1) is 20.0. The molecule has 9 nitrogen and oxygen atoms in total. The average molecular weight is 453 g/mol. The molecule has 34 heavy (non-hydrogen) atoms. The van der Waals surface area contributed by atoms with Crippen molar-refractivity contribution in [2.45, 2.75) is 13.8 Å². The Labute approximate surface area is 192 Å². The predicted molar refractivity (Wildman–Crippen MR) is 126 cm³/mol. The number of rotatable bonds is 4. The van der Waals surface area contributed by atoms with Gasteiger partial charge in [0.25, 0.3) is 5.56 Å². The summed E-state index contributed by atoms with van der Waals surface area (Å²) < 4.78 is 18.0. The molecule has 0 atom stereocenters. The molecule has 0 aliphatic carbocycles. The lowest BCUT2D eigenvalue weighted by Crippen LogP contribution is -2.19. The molecular weight excluding hydrogens is 434 g/mol. The van der Waals surface area contributed by atoms with Crippen molar-refractivity contribution in [1.29, 1.82) is 0 Å². The van der Waals surface area contributed by atoms with Gasteiger partial charge in [0.15, 0.2) is 16.7 Å². The molecule has 0 amide bonds. The van der Waals surface area contributed by atoms with Crippen LogP contribution in [0.5, 0.6) is 5.75 Å². The molecule has 0 saturated heterocycles. The number of para-hydroxylation sites is 1. The van der Waals surface area contributed by atoms with Crippen molar-refractivity contribution in [3.63, 3.8) is 0 Å². The number of aromatic amines is 1. The molecule has 9 heteroatoms. The Morgan fingerprint density at radius 3 is 2.56 bits per heavy atom. The second-order valence-corrected chi connectivity index (χ2v) is 7.92. The van der Waals surface area contributed by atoms with Gasteiger partial charge in [-0.15, -0.1) is 0 Å². The number of hydrogen-bond donors (Lipinski definition) is 1. The normalized spacial score (nSPS) is 11.5. The van der Waals surface area contributed by atoms with Gasteiger partial charge in [0.1, 0.15) is 17.6 Å². The molecule has 2 aromatic carbocycles. The van der Waals surface area contributed by atoms with Gasteiger partial charge in [0, 0.05) is 11.3 Å². The molecule has 6 aromatic rings. The molecule has 0 saturated carbocycles. The van der Waals surface area contributed by atoms with Gasteiger partial charge in [-0.3, -0.25) is 9.89 Å². The van der Waals surface area contributed by atoms with Crippen LogP contribution in [-0.4, -0.2) is 31.8 Å². The molecule has 4 aromatic heterocycles. The molecule has 168 valence electrons. The van der Waals surface area contributed by atoms with E-state index in [1.54, 1.807) is 32.2 Å². The molecule has 0 aliphatic heterocycles. The van der Waals surface area contributed by atoms with Crippen molar-refractivity contribution < 1.29 is 13.7 Å². The summed E-state index contributed by atoms with van der Waals surface area (Å²) in [7, 11) is 1.56. The lowest BCUT2D eigenvalue weighted by Gasteiger charge is -2.06. The fraction of sp³-hybridized carbons (Fsp3) is 0.120. The highest BCUT2D eigenvalue weighted by Gasteiger charge is 2.27. The number of H-pyrrole nitrogens is 1. The van der Waals surface area contributed by atoms with Crippen LogP contribution in [0.15, 0.2) is 68.5 Å². The molecule has 0 aliphatic rings. The van der Waals surface area contributed by atoms with E-state index in [4.69, 9.17) is 18.7 Å². The highest BCUT2D eigenvalue weighted by Crippen LogP contribution is 2.35. The Bertz CT molecular complexity index is 1740. The summed E-state index contributed by atoms with van der Waals surface area (Å²) >= 11 is 0. The van der Waals surface area contributed by atoms with Gasteiger partial charge in [0.05, 0.1) is 24.1 Å². The van der Waals surface area contributed by atoms with E-state index in [-0.39, 0.29) is 17.0 Å². The minimum Gasteiger partial charge on any atom is -0.494 e. The van der Waals surface area contributed by atoms with Crippen molar-refractivity contribution in [3.8, 4) is 39.6 Å². The standard InChI is InChI=1S/C25H19N5O4/c1-13-16(12-33-29-13)21-20(24-27-22-17(32-3)10-7-11-18(22)34-24)25(31)30-23(26-21)19(14(2)28-30)15-8-5-4-6-9-15/h4-12,28H,1-3H3. The third kappa shape index (κ3) is 2.87. The largest absolute Gasteiger partial charge is 0.494 e.